The molecule has 2 aromatic rings. The number of ether oxygens (including phenoxy) is 3. The van der Waals surface area contributed by atoms with E-state index in [1.165, 1.54) is 30.3 Å². The van der Waals surface area contributed by atoms with Gasteiger partial charge in [0.25, 0.3) is 11.8 Å². The first kappa shape index (κ1) is 27.8. The fourth-order valence-corrected chi connectivity index (χ4v) is 4.06. The monoisotopic (exact) mass is 525 g/mol. The van der Waals surface area contributed by atoms with Crippen LogP contribution < -0.4 is 19.6 Å². The second kappa shape index (κ2) is 12.9. The summed E-state index contributed by atoms with van der Waals surface area (Å²) in [4.78, 5) is 26.8. The Balaban J connectivity index is 1.56. The molecule has 1 saturated heterocycles. The Morgan fingerprint density at radius 2 is 1.62 bits per heavy atom. The van der Waals surface area contributed by atoms with Gasteiger partial charge >= 0.3 is 13.2 Å². The predicted molar refractivity (Wildman–Crippen MR) is 126 cm³/mol. The molecule has 12 heteroatoms. The third-order valence-corrected chi connectivity index (χ3v) is 5.76. The van der Waals surface area contributed by atoms with E-state index in [1.54, 1.807) is 0 Å². The number of piperidine rings is 1. The zero-order valence-electron chi connectivity index (χ0n) is 20.2. The molecule has 3 rings (SSSR count). The maximum absolute atomic E-state index is 12.7. The highest BCUT2D eigenvalue weighted by molar-refractivity contribution is 5.95. The Kier molecular flexibility index (Phi) is 9.70. The minimum atomic E-state index is -3.22. The van der Waals surface area contributed by atoms with Gasteiger partial charge in [-0.15, -0.1) is 0 Å². The standard InChI is InChI=1S/C25H27F4N3O5/c1-15-4-3-5-16(2)32(15)22(33)14-35-19-9-6-17(7-10-19)23(34)31-30-13-18-8-11-20(36-24(26)27)12-21(18)37-25(28)29/h6-13,15-16,24-25H,3-5,14H2,1-2H3,(H,31,34)/b30-13-/t15-,16-/m0/s1. The maximum atomic E-state index is 12.7. The van der Waals surface area contributed by atoms with E-state index in [0.29, 0.717) is 5.75 Å². The molecule has 0 aromatic heterocycles. The van der Waals surface area contributed by atoms with Crippen LogP contribution in [-0.2, 0) is 4.79 Å². The van der Waals surface area contributed by atoms with Gasteiger partial charge in [-0.05, 0) is 69.5 Å². The van der Waals surface area contributed by atoms with Gasteiger partial charge in [0.2, 0.25) is 0 Å². The van der Waals surface area contributed by atoms with Crippen molar-refractivity contribution in [3.8, 4) is 17.2 Å². The average molecular weight is 525 g/mol. The minimum Gasteiger partial charge on any atom is -0.484 e. The molecule has 8 nitrogen and oxygen atoms in total. The van der Waals surface area contributed by atoms with E-state index in [-0.39, 0.29) is 41.5 Å². The zero-order valence-corrected chi connectivity index (χ0v) is 20.2. The van der Waals surface area contributed by atoms with Gasteiger partial charge in [-0.25, -0.2) is 5.43 Å². The molecular formula is C25H27F4N3O5. The summed E-state index contributed by atoms with van der Waals surface area (Å²) >= 11 is 0. The molecule has 37 heavy (non-hydrogen) atoms. The van der Waals surface area contributed by atoms with Gasteiger partial charge in [0.05, 0.1) is 6.21 Å². The second-order valence-corrected chi connectivity index (χ2v) is 8.40. The predicted octanol–water partition coefficient (Wildman–Crippen LogP) is 4.82. The van der Waals surface area contributed by atoms with Crippen LogP contribution in [-0.4, -0.2) is 54.8 Å². The highest BCUT2D eigenvalue weighted by atomic mass is 19.3. The molecule has 1 aliphatic rings. The summed E-state index contributed by atoms with van der Waals surface area (Å²) in [7, 11) is 0. The molecule has 2 amide bonds. The quantitative estimate of drug-likeness (QED) is 0.273. The Labute approximate surface area is 211 Å². The molecule has 2 atom stereocenters. The third-order valence-electron chi connectivity index (χ3n) is 5.76. The molecule has 2 aromatic carbocycles. The van der Waals surface area contributed by atoms with E-state index >= 15 is 0 Å². The lowest BCUT2D eigenvalue weighted by Crippen LogP contribution is -2.49. The van der Waals surface area contributed by atoms with Crippen molar-refractivity contribution < 1.29 is 41.4 Å². The Bertz CT molecular complexity index is 1090. The van der Waals surface area contributed by atoms with Crippen LogP contribution in [0.4, 0.5) is 17.6 Å². The number of hydrogen-bond acceptors (Lipinski definition) is 6. The fourth-order valence-electron chi connectivity index (χ4n) is 4.06. The molecule has 0 saturated carbocycles. The first-order chi connectivity index (χ1) is 17.6. The molecule has 0 unspecified atom stereocenters. The van der Waals surface area contributed by atoms with Crippen molar-refractivity contribution in [3.63, 3.8) is 0 Å². The highest BCUT2D eigenvalue weighted by Gasteiger charge is 2.29. The molecule has 1 aliphatic heterocycles. The van der Waals surface area contributed by atoms with Crippen LogP contribution in [0.2, 0.25) is 0 Å². The van der Waals surface area contributed by atoms with E-state index in [9.17, 15) is 27.2 Å². The summed E-state index contributed by atoms with van der Waals surface area (Å²) in [5.74, 6) is -1.14. The van der Waals surface area contributed by atoms with Crippen LogP contribution in [0.3, 0.4) is 0 Å². The van der Waals surface area contributed by atoms with Gasteiger partial charge in [-0.3, -0.25) is 9.59 Å². The molecule has 1 N–H and O–H groups in total. The van der Waals surface area contributed by atoms with Crippen LogP contribution >= 0.6 is 0 Å². The number of benzene rings is 2. The van der Waals surface area contributed by atoms with Crippen molar-refractivity contribution in [1.82, 2.24) is 10.3 Å². The zero-order chi connectivity index (χ0) is 26.9. The summed E-state index contributed by atoms with van der Waals surface area (Å²) in [6.07, 6.45) is 4.03. The summed E-state index contributed by atoms with van der Waals surface area (Å²) in [6.45, 7) is -2.43. The number of hydrazone groups is 1. The lowest BCUT2D eigenvalue weighted by atomic mass is 9.97. The van der Waals surface area contributed by atoms with Crippen molar-refractivity contribution in [3.05, 3.63) is 53.6 Å². The third kappa shape index (κ3) is 8.09. The summed E-state index contributed by atoms with van der Waals surface area (Å²) in [6, 6.07) is 9.47. The Hall–Kier alpha value is -3.83. The van der Waals surface area contributed by atoms with Gasteiger partial charge in [0, 0.05) is 29.3 Å². The van der Waals surface area contributed by atoms with Gasteiger partial charge < -0.3 is 19.1 Å². The molecule has 0 spiro atoms. The second-order valence-electron chi connectivity index (χ2n) is 8.40. The van der Waals surface area contributed by atoms with Crippen LogP contribution in [0.25, 0.3) is 0 Å². The number of carbonyl (C=O) groups is 2. The summed E-state index contributed by atoms with van der Waals surface area (Å²) in [5, 5.41) is 3.70. The van der Waals surface area contributed by atoms with Crippen molar-refractivity contribution in [2.45, 2.75) is 58.4 Å². The highest BCUT2D eigenvalue weighted by Crippen LogP contribution is 2.27. The Morgan fingerprint density at radius 3 is 2.24 bits per heavy atom. The molecule has 1 heterocycles. The number of amides is 2. The van der Waals surface area contributed by atoms with Gasteiger partial charge in [0.15, 0.2) is 6.61 Å². The topological polar surface area (TPSA) is 89.5 Å². The SMILES string of the molecule is C[C@H]1CCC[C@H](C)N1C(=O)COc1ccc(C(=O)N/N=C\c2ccc(OC(F)F)cc2OC(F)F)cc1. The van der Waals surface area contributed by atoms with Crippen molar-refractivity contribution in [1.29, 1.82) is 0 Å². The average Bonchev–Trinajstić information content (AvgIpc) is 2.83. The molecule has 1 fully saturated rings. The molecule has 200 valence electrons. The number of nitrogens with one attached hydrogen (secondary N) is 1. The van der Waals surface area contributed by atoms with E-state index in [2.05, 4.69) is 20.0 Å². The lowest BCUT2D eigenvalue weighted by Gasteiger charge is -2.38. The first-order valence-corrected chi connectivity index (χ1v) is 11.5. The van der Waals surface area contributed by atoms with Crippen molar-refractivity contribution in [2.75, 3.05) is 6.61 Å². The molecular weight excluding hydrogens is 498 g/mol. The number of rotatable bonds is 10. The van der Waals surface area contributed by atoms with E-state index in [4.69, 9.17) is 4.74 Å². The number of alkyl halides is 4. The van der Waals surface area contributed by atoms with E-state index < -0.39 is 24.9 Å². The van der Waals surface area contributed by atoms with Crippen LogP contribution in [0.1, 0.15) is 49.0 Å². The normalized spacial score (nSPS) is 17.8. The van der Waals surface area contributed by atoms with E-state index in [0.717, 1.165) is 37.6 Å². The largest absolute Gasteiger partial charge is 0.484 e. The molecule has 0 radical (unpaired) electrons. The number of nitrogens with zero attached hydrogens (tertiary/aromatic N) is 2. The van der Waals surface area contributed by atoms with Gasteiger partial charge in [-0.1, -0.05) is 0 Å². The number of halogens is 4. The summed E-state index contributed by atoms with van der Waals surface area (Å²) < 4.78 is 64.1. The van der Waals surface area contributed by atoms with Gasteiger partial charge in [-0.2, -0.15) is 22.7 Å². The number of likely N-dealkylation sites (tertiary alicyclic amines) is 1. The van der Waals surface area contributed by atoms with Crippen LogP contribution in [0.5, 0.6) is 17.2 Å². The first-order valence-electron chi connectivity index (χ1n) is 11.5. The molecule has 0 aliphatic carbocycles. The van der Waals surface area contributed by atoms with Crippen LogP contribution in [0.15, 0.2) is 47.6 Å². The number of hydrogen-bond donors (Lipinski definition) is 1. The van der Waals surface area contributed by atoms with Crippen LogP contribution in [0, 0.1) is 0 Å². The summed E-state index contributed by atoms with van der Waals surface area (Å²) in [5.41, 5.74) is 2.45. The number of carbonyl (C=O) groups excluding carboxylic acids is 2. The van der Waals surface area contributed by atoms with Crippen molar-refractivity contribution >= 4 is 18.0 Å². The Morgan fingerprint density at radius 1 is 1.00 bits per heavy atom. The smallest absolute Gasteiger partial charge is 0.387 e. The maximum Gasteiger partial charge on any atom is 0.387 e. The molecule has 0 bridgehead atoms. The van der Waals surface area contributed by atoms with Gasteiger partial charge in [0.1, 0.15) is 17.2 Å². The minimum absolute atomic E-state index is 0.00651. The lowest BCUT2D eigenvalue weighted by molar-refractivity contribution is -0.139. The van der Waals surface area contributed by atoms with E-state index in [1.807, 2.05) is 18.7 Å². The fraction of sp³-hybridized carbons (Fsp3) is 0.400. The van der Waals surface area contributed by atoms with Crippen molar-refractivity contribution in [2.24, 2.45) is 5.10 Å².